The fourth-order valence-corrected chi connectivity index (χ4v) is 3.11. The molecule has 3 rings (SSSR count). The molecular formula is C17H22N4O3. The van der Waals surface area contributed by atoms with Crippen LogP contribution in [0.5, 0.6) is 0 Å². The van der Waals surface area contributed by atoms with Crippen LogP contribution >= 0.6 is 0 Å². The van der Waals surface area contributed by atoms with Crippen molar-refractivity contribution in [3.63, 3.8) is 0 Å². The van der Waals surface area contributed by atoms with Crippen LogP contribution in [0.25, 0.3) is 11.1 Å². The van der Waals surface area contributed by atoms with Gasteiger partial charge in [-0.2, -0.15) is 0 Å². The summed E-state index contributed by atoms with van der Waals surface area (Å²) in [6.45, 7) is 3.22. The first-order valence-electron chi connectivity index (χ1n) is 8.29. The Balaban J connectivity index is 1.66. The molecule has 7 heteroatoms. The van der Waals surface area contributed by atoms with E-state index in [2.05, 4.69) is 10.3 Å². The average molecular weight is 330 g/mol. The van der Waals surface area contributed by atoms with Gasteiger partial charge in [0.2, 0.25) is 5.91 Å². The molecule has 3 amide bonds. The number of aryl methyl sites for hydroxylation is 1. The monoisotopic (exact) mass is 330 g/mol. The Hall–Kier alpha value is -2.57. The smallest absolute Gasteiger partial charge is 0.321 e. The summed E-state index contributed by atoms with van der Waals surface area (Å²) in [4.78, 5) is 29.6. The second kappa shape index (κ2) is 6.90. The molecule has 0 bridgehead atoms. The maximum atomic E-state index is 12.5. The normalized spacial score (nSPS) is 17.9. The maximum absolute atomic E-state index is 12.5. The number of likely N-dealkylation sites (tertiary alicyclic amines) is 1. The SMILES string of the molecule is CCc1nc2cc(NC(=O)N3CCC[C@@H](CC(N)=O)C3)ccc2o1. The number of hydrogen-bond donors (Lipinski definition) is 2. The number of aromatic nitrogens is 1. The number of oxazole rings is 1. The standard InChI is InChI=1S/C17H22N4O3/c1-2-16-20-13-9-12(5-6-14(13)24-16)19-17(23)21-7-3-4-11(10-21)8-15(18)22/h5-6,9,11H,2-4,7-8,10H2,1H3,(H2,18,22)(H,19,23)/t11-/m0/s1. The van der Waals surface area contributed by atoms with Gasteiger partial charge >= 0.3 is 6.03 Å². The van der Waals surface area contributed by atoms with E-state index < -0.39 is 0 Å². The first-order valence-corrected chi connectivity index (χ1v) is 8.29. The van der Waals surface area contributed by atoms with Crippen molar-refractivity contribution in [3.05, 3.63) is 24.1 Å². The zero-order valence-corrected chi connectivity index (χ0v) is 13.7. The minimum absolute atomic E-state index is 0.145. The second-order valence-corrected chi connectivity index (χ2v) is 6.20. The van der Waals surface area contributed by atoms with E-state index in [1.165, 1.54) is 0 Å². The van der Waals surface area contributed by atoms with E-state index >= 15 is 0 Å². The number of benzene rings is 1. The van der Waals surface area contributed by atoms with Gasteiger partial charge in [-0.1, -0.05) is 6.92 Å². The third-order valence-electron chi connectivity index (χ3n) is 4.28. The van der Waals surface area contributed by atoms with Crippen molar-refractivity contribution in [1.29, 1.82) is 0 Å². The van der Waals surface area contributed by atoms with Crippen LogP contribution in [-0.2, 0) is 11.2 Å². The quantitative estimate of drug-likeness (QED) is 0.899. The van der Waals surface area contributed by atoms with Crippen molar-refractivity contribution in [2.24, 2.45) is 11.7 Å². The third-order valence-corrected chi connectivity index (χ3v) is 4.28. The molecule has 2 heterocycles. The minimum Gasteiger partial charge on any atom is -0.441 e. The Morgan fingerprint density at radius 1 is 1.46 bits per heavy atom. The van der Waals surface area contributed by atoms with Crippen molar-refractivity contribution in [2.45, 2.75) is 32.6 Å². The van der Waals surface area contributed by atoms with Crippen LogP contribution in [0.4, 0.5) is 10.5 Å². The Morgan fingerprint density at radius 3 is 3.04 bits per heavy atom. The highest BCUT2D eigenvalue weighted by atomic mass is 16.3. The lowest BCUT2D eigenvalue weighted by Crippen LogP contribution is -2.43. The molecule has 1 aromatic carbocycles. The molecule has 0 radical (unpaired) electrons. The summed E-state index contributed by atoms with van der Waals surface area (Å²) in [6.07, 6.45) is 2.87. The van der Waals surface area contributed by atoms with Gasteiger partial charge in [-0.3, -0.25) is 4.79 Å². The number of nitrogens with one attached hydrogen (secondary N) is 1. The van der Waals surface area contributed by atoms with Crippen LogP contribution in [0.3, 0.4) is 0 Å². The van der Waals surface area contributed by atoms with Gasteiger partial charge in [0.25, 0.3) is 0 Å². The predicted octanol–water partition coefficient (Wildman–Crippen LogP) is 2.51. The summed E-state index contributed by atoms with van der Waals surface area (Å²) in [6, 6.07) is 5.25. The summed E-state index contributed by atoms with van der Waals surface area (Å²) < 4.78 is 5.57. The summed E-state index contributed by atoms with van der Waals surface area (Å²) >= 11 is 0. The van der Waals surface area contributed by atoms with Gasteiger partial charge in [-0.25, -0.2) is 9.78 Å². The highest BCUT2D eigenvalue weighted by Crippen LogP contribution is 2.23. The first-order chi connectivity index (χ1) is 11.5. The Morgan fingerprint density at radius 2 is 2.29 bits per heavy atom. The molecule has 0 unspecified atom stereocenters. The lowest BCUT2D eigenvalue weighted by atomic mass is 9.95. The summed E-state index contributed by atoms with van der Waals surface area (Å²) in [5.74, 6) is 0.511. The van der Waals surface area contributed by atoms with Crippen LogP contribution in [-0.4, -0.2) is 34.9 Å². The number of carbonyl (C=O) groups excluding carboxylic acids is 2. The van der Waals surface area contributed by atoms with Crippen molar-refractivity contribution >= 4 is 28.7 Å². The number of piperidine rings is 1. The second-order valence-electron chi connectivity index (χ2n) is 6.20. The minimum atomic E-state index is -0.314. The number of hydrogen-bond acceptors (Lipinski definition) is 4. The highest BCUT2D eigenvalue weighted by Gasteiger charge is 2.24. The van der Waals surface area contributed by atoms with Crippen molar-refractivity contribution in [2.75, 3.05) is 18.4 Å². The molecule has 1 aromatic heterocycles. The number of primary amides is 1. The van der Waals surface area contributed by atoms with Crippen LogP contribution in [0.15, 0.2) is 22.6 Å². The van der Waals surface area contributed by atoms with Gasteiger partial charge in [0.05, 0.1) is 0 Å². The number of anilines is 1. The van der Waals surface area contributed by atoms with Gasteiger partial charge in [0.1, 0.15) is 5.52 Å². The van der Waals surface area contributed by atoms with Crippen molar-refractivity contribution < 1.29 is 14.0 Å². The van der Waals surface area contributed by atoms with E-state index in [4.69, 9.17) is 10.2 Å². The van der Waals surface area contributed by atoms with E-state index in [1.54, 1.807) is 17.0 Å². The summed E-state index contributed by atoms with van der Waals surface area (Å²) in [7, 11) is 0. The Labute approximate surface area is 140 Å². The number of rotatable bonds is 4. The molecule has 1 aliphatic heterocycles. The predicted molar refractivity (Wildman–Crippen MR) is 90.5 cm³/mol. The number of nitrogens with zero attached hydrogens (tertiary/aromatic N) is 2. The molecule has 1 atom stereocenters. The molecule has 0 saturated carbocycles. The largest absolute Gasteiger partial charge is 0.441 e. The van der Waals surface area contributed by atoms with Crippen LogP contribution in [0.1, 0.15) is 32.1 Å². The zero-order chi connectivity index (χ0) is 17.1. The number of amides is 3. The lowest BCUT2D eigenvalue weighted by molar-refractivity contribution is -0.119. The Kier molecular flexibility index (Phi) is 4.69. The molecule has 0 aliphatic carbocycles. The molecule has 3 N–H and O–H groups in total. The number of fused-ring (bicyclic) bond motifs is 1. The molecule has 128 valence electrons. The van der Waals surface area contributed by atoms with Crippen molar-refractivity contribution in [1.82, 2.24) is 9.88 Å². The molecule has 1 aliphatic rings. The average Bonchev–Trinajstić information content (AvgIpc) is 2.97. The third kappa shape index (κ3) is 3.67. The van der Waals surface area contributed by atoms with Crippen LogP contribution in [0, 0.1) is 5.92 Å². The van der Waals surface area contributed by atoms with E-state index in [9.17, 15) is 9.59 Å². The number of nitrogens with two attached hydrogens (primary N) is 1. The molecule has 1 fully saturated rings. The zero-order valence-electron chi connectivity index (χ0n) is 13.7. The fourth-order valence-electron chi connectivity index (χ4n) is 3.11. The molecule has 1 saturated heterocycles. The summed E-state index contributed by atoms with van der Waals surface area (Å²) in [5, 5.41) is 2.89. The van der Waals surface area contributed by atoms with Crippen LogP contribution in [0.2, 0.25) is 0 Å². The van der Waals surface area contributed by atoms with Gasteiger partial charge in [-0.05, 0) is 37.0 Å². The van der Waals surface area contributed by atoms with Crippen molar-refractivity contribution in [3.8, 4) is 0 Å². The van der Waals surface area contributed by atoms with Gasteiger partial charge < -0.3 is 20.4 Å². The first kappa shape index (κ1) is 16.3. The maximum Gasteiger partial charge on any atom is 0.321 e. The molecule has 2 aromatic rings. The lowest BCUT2D eigenvalue weighted by Gasteiger charge is -2.32. The number of carbonyl (C=O) groups is 2. The van der Waals surface area contributed by atoms with E-state index in [-0.39, 0.29) is 17.9 Å². The van der Waals surface area contributed by atoms with E-state index in [0.717, 1.165) is 24.8 Å². The van der Waals surface area contributed by atoms with E-state index in [1.807, 2.05) is 13.0 Å². The summed E-state index contributed by atoms with van der Waals surface area (Å²) in [5.41, 5.74) is 7.39. The van der Waals surface area contributed by atoms with Crippen LogP contribution < -0.4 is 11.1 Å². The van der Waals surface area contributed by atoms with Gasteiger partial charge in [-0.15, -0.1) is 0 Å². The fraction of sp³-hybridized carbons (Fsp3) is 0.471. The van der Waals surface area contributed by atoms with Gasteiger partial charge in [0.15, 0.2) is 11.5 Å². The van der Waals surface area contributed by atoms with Gasteiger partial charge in [0, 0.05) is 31.6 Å². The number of urea groups is 1. The molecule has 7 nitrogen and oxygen atoms in total. The Bertz CT molecular complexity index is 755. The molecule has 24 heavy (non-hydrogen) atoms. The van der Waals surface area contributed by atoms with E-state index in [0.29, 0.717) is 36.7 Å². The topological polar surface area (TPSA) is 101 Å². The highest BCUT2D eigenvalue weighted by molar-refractivity contribution is 5.91. The molecule has 0 spiro atoms. The molecular weight excluding hydrogens is 308 g/mol.